The molecular weight excluding hydrogens is 340 g/mol. The predicted molar refractivity (Wildman–Crippen MR) is 86.9 cm³/mol. The van der Waals surface area contributed by atoms with Crippen LogP contribution in [0.2, 0.25) is 20.1 Å². The van der Waals surface area contributed by atoms with Crippen LogP contribution in [0.5, 0.6) is 5.75 Å². The molecule has 2 rings (SSSR count). The average molecular weight is 351 g/mol. The molecule has 0 saturated carbocycles. The second-order valence-electron chi connectivity index (χ2n) is 3.98. The maximum atomic E-state index is 6.02. The van der Waals surface area contributed by atoms with E-state index in [1.807, 2.05) is 24.3 Å². The molecule has 2 nitrogen and oxygen atoms in total. The monoisotopic (exact) mass is 349 g/mol. The van der Waals surface area contributed by atoms with Crippen LogP contribution in [0, 0.1) is 0 Å². The molecule has 2 aromatic rings. The van der Waals surface area contributed by atoms with E-state index in [0.29, 0.717) is 39.0 Å². The van der Waals surface area contributed by atoms with Gasteiger partial charge in [0.15, 0.2) is 5.75 Å². The molecule has 0 amide bonds. The van der Waals surface area contributed by atoms with Gasteiger partial charge in [0.25, 0.3) is 0 Å². The molecule has 0 unspecified atom stereocenters. The zero-order valence-corrected chi connectivity index (χ0v) is 13.3. The van der Waals surface area contributed by atoms with E-state index in [-0.39, 0.29) is 0 Å². The van der Waals surface area contributed by atoms with Crippen molar-refractivity contribution in [2.24, 2.45) is 0 Å². The van der Waals surface area contributed by atoms with Crippen LogP contribution in [0.1, 0.15) is 0 Å². The molecule has 0 saturated heterocycles. The summed E-state index contributed by atoms with van der Waals surface area (Å²) in [5, 5.41) is 5.13. The zero-order chi connectivity index (χ0) is 14.5. The minimum atomic E-state index is 0.394. The smallest absolute Gasteiger partial charge is 0.156 e. The van der Waals surface area contributed by atoms with Crippen molar-refractivity contribution in [3.05, 3.63) is 56.5 Å². The molecule has 6 heteroatoms. The Morgan fingerprint density at radius 2 is 1.60 bits per heavy atom. The third-order valence-corrected chi connectivity index (χ3v) is 3.48. The Morgan fingerprint density at radius 1 is 0.900 bits per heavy atom. The highest BCUT2D eigenvalue weighted by atomic mass is 35.5. The van der Waals surface area contributed by atoms with Crippen molar-refractivity contribution in [2.45, 2.75) is 0 Å². The van der Waals surface area contributed by atoms with Gasteiger partial charge in [0.05, 0.1) is 10.0 Å². The van der Waals surface area contributed by atoms with Crippen molar-refractivity contribution in [3.63, 3.8) is 0 Å². The van der Waals surface area contributed by atoms with E-state index in [4.69, 9.17) is 51.1 Å². The van der Waals surface area contributed by atoms with E-state index in [2.05, 4.69) is 5.32 Å². The summed E-state index contributed by atoms with van der Waals surface area (Å²) in [4.78, 5) is 0. The summed E-state index contributed by atoms with van der Waals surface area (Å²) in [7, 11) is 0. The third kappa shape index (κ3) is 4.35. The van der Waals surface area contributed by atoms with E-state index in [9.17, 15) is 0 Å². The largest absolute Gasteiger partial charge is 0.489 e. The molecule has 0 fully saturated rings. The van der Waals surface area contributed by atoms with Crippen LogP contribution in [-0.4, -0.2) is 13.2 Å². The van der Waals surface area contributed by atoms with Gasteiger partial charge in [-0.25, -0.2) is 0 Å². The van der Waals surface area contributed by atoms with Gasteiger partial charge >= 0.3 is 0 Å². The number of rotatable bonds is 5. The Labute approximate surface area is 137 Å². The van der Waals surface area contributed by atoms with Crippen LogP contribution < -0.4 is 10.1 Å². The maximum Gasteiger partial charge on any atom is 0.156 e. The van der Waals surface area contributed by atoms with E-state index >= 15 is 0 Å². The number of nitrogens with one attached hydrogen (secondary N) is 1. The Morgan fingerprint density at radius 3 is 2.25 bits per heavy atom. The number of ether oxygens (including phenoxy) is 1. The summed E-state index contributed by atoms with van der Waals surface area (Å²) in [5.74, 6) is 0.436. The second-order valence-corrected chi connectivity index (χ2v) is 5.67. The number of hydrogen-bond acceptors (Lipinski definition) is 2. The zero-order valence-electron chi connectivity index (χ0n) is 10.3. The van der Waals surface area contributed by atoms with Crippen molar-refractivity contribution in [1.82, 2.24) is 0 Å². The normalized spacial score (nSPS) is 10.4. The standard InChI is InChI=1S/C14H11Cl4NO/c15-9-2-1-3-11(6-9)19-4-5-20-14-12(17)7-10(16)8-13(14)18/h1-3,6-8,19H,4-5H2. The lowest BCUT2D eigenvalue weighted by Gasteiger charge is -2.11. The first-order valence-electron chi connectivity index (χ1n) is 5.83. The van der Waals surface area contributed by atoms with Crippen LogP contribution >= 0.6 is 46.4 Å². The van der Waals surface area contributed by atoms with Gasteiger partial charge in [-0.2, -0.15) is 0 Å². The summed E-state index contributed by atoms with van der Waals surface area (Å²) in [6, 6.07) is 10.6. The van der Waals surface area contributed by atoms with Gasteiger partial charge in [0, 0.05) is 22.3 Å². The fraction of sp³-hybridized carbons (Fsp3) is 0.143. The first kappa shape index (κ1) is 15.6. The summed E-state index contributed by atoms with van der Waals surface area (Å²) < 4.78 is 5.56. The second kappa shape index (κ2) is 7.28. The fourth-order valence-corrected chi connectivity index (χ4v) is 2.73. The lowest BCUT2D eigenvalue weighted by Crippen LogP contribution is -2.11. The number of halogens is 4. The molecule has 0 aliphatic carbocycles. The molecule has 0 radical (unpaired) electrons. The van der Waals surface area contributed by atoms with Crippen LogP contribution in [0.3, 0.4) is 0 Å². The van der Waals surface area contributed by atoms with Crippen molar-refractivity contribution < 1.29 is 4.74 Å². The highest BCUT2D eigenvalue weighted by Crippen LogP contribution is 2.35. The summed E-state index contributed by atoms with van der Waals surface area (Å²) in [6.45, 7) is 1.00. The molecule has 0 spiro atoms. The fourth-order valence-electron chi connectivity index (χ4n) is 1.61. The Bertz CT molecular complexity index is 580. The maximum absolute atomic E-state index is 6.02. The molecule has 0 aromatic heterocycles. The van der Waals surface area contributed by atoms with E-state index in [1.165, 1.54) is 0 Å². The van der Waals surface area contributed by atoms with Crippen LogP contribution in [0.4, 0.5) is 5.69 Å². The third-order valence-electron chi connectivity index (χ3n) is 2.47. The van der Waals surface area contributed by atoms with Crippen molar-refractivity contribution in [2.75, 3.05) is 18.5 Å². The summed E-state index contributed by atoms with van der Waals surface area (Å²) in [5.41, 5.74) is 0.925. The Hall–Kier alpha value is -0.800. The number of anilines is 1. The lowest BCUT2D eigenvalue weighted by molar-refractivity contribution is 0.333. The van der Waals surface area contributed by atoms with Gasteiger partial charge in [-0.1, -0.05) is 52.5 Å². The molecule has 0 heterocycles. The first-order chi connectivity index (χ1) is 9.56. The van der Waals surface area contributed by atoms with Gasteiger partial charge in [-0.3, -0.25) is 0 Å². The van der Waals surface area contributed by atoms with E-state index in [1.54, 1.807) is 12.1 Å². The Balaban J connectivity index is 1.88. The highest BCUT2D eigenvalue weighted by Gasteiger charge is 2.08. The molecule has 0 aliphatic rings. The average Bonchev–Trinajstić information content (AvgIpc) is 2.36. The SMILES string of the molecule is Clc1cccc(NCCOc2c(Cl)cc(Cl)cc2Cl)c1. The number of benzene rings is 2. The highest BCUT2D eigenvalue weighted by molar-refractivity contribution is 6.40. The molecule has 0 atom stereocenters. The van der Waals surface area contributed by atoms with E-state index in [0.717, 1.165) is 5.69 Å². The lowest BCUT2D eigenvalue weighted by atomic mass is 10.3. The van der Waals surface area contributed by atoms with Gasteiger partial charge in [-0.05, 0) is 30.3 Å². The predicted octanol–water partition coefficient (Wildman–Crippen LogP) is 5.79. The molecule has 0 bridgehead atoms. The van der Waals surface area contributed by atoms with Crippen molar-refractivity contribution >= 4 is 52.1 Å². The van der Waals surface area contributed by atoms with Crippen molar-refractivity contribution in [1.29, 1.82) is 0 Å². The summed E-state index contributed by atoms with van der Waals surface area (Å²) in [6.07, 6.45) is 0. The van der Waals surface area contributed by atoms with Crippen LogP contribution in [0.15, 0.2) is 36.4 Å². The number of hydrogen-bond donors (Lipinski definition) is 1. The molecule has 20 heavy (non-hydrogen) atoms. The van der Waals surface area contributed by atoms with Crippen molar-refractivity contribution in [3.8, 4) is 5.75 Å². The molecule has 2 aromatic carbocycles. The van der Waals surface area contributed by atoms with Gasteiger partial charge in [0.2, 0.25) is 0 Å². The topological polar surface area (TPSA) is 21.3 Å². The van der Waals surface area contributed by atoms with Gasteiger partial charge in [0.1, 0.15) is 6.61 Å². The van der Waals surface area contributed by atoms with Gasteiger partial charge in [-0.15, -0.1) is 0 Å². The quantitative estimate of drug-likeness (QED) is 0.689. The minimum absolute atomic E-state index is 0.394. The van der Waals surface area contributed by atoms with Gasteiger partial charge < -0.3 is 10.1 Å². The molecule has 106 valence electrons. The molecular formula is C14H11Cl4NO. The first-order valence-corrected chi connectivity index (χ1v) is 7.34. The van der Waals surface area contributed by atoms with Crippen LogP contribution in [0.25, 0.3) is 0 Å². The van der Waals surface area contributed by atoms with E-state index < -0.39 is 0 Å². The van der Waals surface area contributed by atoms with Crippen LogP contribution in [-0.2, 0) is 0 Å². The summed E-state index contributed by atoms with van der Waals surface area (Å²) >= 11 is 23.8. The minimum Gasteiger partial charge on any atom is -0.489 e. The molecule has 0 aliphatic heterocycles. The molecule has 1 N–H and O–H groups in total. The Kier molecular flexibility index (Phi) is 5.67.